The van der Waals surface area contributed by atoms with Crippen molar-refractivity contribution in [2.75, 3.05) is 0 Å². The van der Waals surface area contributed by atoms with E-state index in [4.69, 9.17) is 5.73 Å². The number of hydrogen-bond donors (Lipinski definition) is 1. The monoisotopic (exact) mass is 467 g/mol. The molecule has 0 heterocycles. The van der Waals surface area contributed by atoms with Gasteiger partial charge in [0.2, 0.25) is 0 Å². The Labute approximate surface area is 163 Å². The van der Waals surface area contributed by atoms with Gasteiger partial charge < -0.3 is 5.73 Å². The first-order valence-electron chi connectivity index (χ1n) is 9.42. The molecule has 2 rings (SSSR count). The summed E-state index contributed by atoms with van der Waals surface area (Å²) in [7, 11) is 0. The van der Waals surface area contributed by atoms with E-state index in [1.54, 1.807) is 0 Å². The molecule has 1 aliphatic rings. The molecule has 1 aromatic carbocycles. The van der Waals surface area contributed by atoms with Crippen LogP contribution in [0.1, 0.15) is 86.8 Å². The minimum Gasteiger partial charge on any atom is -0.328 e. The van der Waals surface area contributed by atoms with E-state index in [-0.39, 0.29) is 12.0 Å². The summed E-state index contributed by atoms with van der Waals surface area (Å²) in [6.45, 7) is 0. The van der Waals surface area contributed by atoms with Gasteiger partial charge in [0.25, 0.3) is 0 Å². The topological polar surface area (TPSA) is 26.0 Å². The molecule has 1 saturated carbocycles. The van der Waals surface area contributed by atoms with E-state index in [1.807, 2.05) is 6.07 Å². The molecule has 2 unspecified atom stereocenters. The molecule has 1 aliphatic carbocycles. The van der Waals surface area contributed by atoms with E-state index < -0.39 is 11.7 Å². The maximum Gasteiger partial charge on any atom is 0.416 e. The molecule has 1 aromatic rings. The molecule has 0 saturated heterocycles. The van der Waals surface area contributed by atoms with Crippen molar-refractivity contribution in [2.45, 2.75) is 86.8 Å². The Morgan fingerprint density at radius 2 is 1.48 bits per heavy atom. The van der Waals surface area contributed by atoms with Crippen molar-refractivity contribution in [3.8, 4) is 0 Å². The number of rotatable bonds is 2. The first-order valence-corrected chi connectivity index (χ1v) is 11.0. The third-order valence-electron chi connectivity index (χ3n) is 5.22. The Bertz CT molecular complexity index is 530. The van der Waals surface area contributed by atoms with E-state index in [9.17, 15) is 13.2 Å². The number of hydrogen-bond acceptors (Lipinski definition) is 1. The predicted molar refractivity (Wildman–Crippen MR) is 106 cm³/mol. The average Bonchev–Trinajstić information content (AvgIpc) is 2.56. The predicted octanol–water partition coefficient (Wildman–Crippen LogP) is 6.97. The van der Waals surface area contributed by atoms with Gasteiger partial charge in [-0.3, -0.25) is 0 Å². The molecule has 1 nitrogen and oxygen atoms in total. The summed E-state index contributed by atoms with van der Waals surface area (Å²) in [5.41, 5.74) is 7.31. The van der Waals surface area contributed by atoms with E-state index in [0.29, 0.717) is 4.43 Å². The lowest BCUT2D eigenvalue weighted by atomic mass is 9.85. The third kappa shape index (κ3) is 7.08. The van der Waals surface area contributed by atoms with Gasteiger partial charge >= 0.3 is 6.18 Å². The first kappa shape index (κ1) is 21.0. The maximum absolute atomic E-state index is 13.2. The van der Waals surface area contributed by atoms with Crippen LogP contribution in [0.25, 0.3) is 0 Å². The molecule has 1 fully saturated rings. The smallest absolute Gasteiger partial charge is 0.328 e. The standard InChI is InChI=1S/C20H29F3IN/c21-20(22,23)18-12-15(14-24)11-17(13-18)16-7-4-2-1-3-5-9-19(25)10-6-8-16/h11-13,16,19H,1-10,14,25H2. The summed E-state index contributed by atoms with van der Waals surface area (Å²) >= 11 is 2.14. The van der Waals surface area contributed by atoms with Crippen LogP contribution in [0.2, 0.25) is 0 Å². The Hall–Kier alpha value is -0.300. The molecule has 142 valence electrons. The molecule has 2 atom stereocenters. The second-order valence-electron chi connectivity index (χ2n) is 7.33. The average molecular weight is 467 g/mol. The van der Waals surface area contributed by atoms with Gasteiger partial charge in [-0.15, -0.1) is 0 Å². The van der Waals surface area contributed by atoms with Crippen molar-refractivity contribution in [1.29, 1.82) is 0 Å². The Morgan fingerprint density at radius 1 is 0.880 bits per heavy atom. The number of benzene rings is 1. The highest BCUT2D eigenvalue weighted by Gasteiger charge is 2.31. The van der Waals surface area contributed by atoms with E-state index >= 15 is 0 Å². The minimum atomic E-state index is -4.27. The maximum atomic E-state index is 13.2. The lowest BCUT2D eigenvalue weighted by molar-refractivity contribution is -0.137. The lowest BCUT2D eigenvalue weighted by Gasteiger charge is -2.22. The lowest BCUT2D eigenvalue weighted by Crippen LogP contribution is -2.20. The molecule has 25 heavy (non-hydrogen) atoms. The number of nitrogens with two attached hydrogens (primary N) is 1. The van der Waals surface area contributed by atoms with Gasteiger partial charge in [-0.2, -0.15) is 13.2 Å². The van der Waals surface area contributed by atoms with E-state index in [0.717, 1.165) is 49.7 Å². The second-order valence-corrected chi connectivity index (χ2v) is 8.09. The first-order chi connectivity index (χ1) is 11.9. The van der Waals surface area contributed by atoms with Crippen LogP contribution in [0.3, 0.4) is 0 Å². The van der Waals surface area contributed by atoms with Crippen LogP contribution in [0, 0.1) is 0 Å². The van der Waals surface area contributed by atoms with Gasteiger partial charge in [0, 0.05) is 10.5 Å². The summed E-state index contributed by atoms with van der Waals surface area (Å²) in [6.07, 6.45) is 6.62. The molecule has 5 heteroatoms. The molecule has 0 aliphatic heterocycles. The van der Waals surface area contributed by atoms with Crippen LogP contribution in [0.5, 0.6) is 0 Å². The summed E-state index contributed by atoms with van der Waals surface area (Å²) in [6, 6.07) is 4.90. The van der Waals surface area contributed by atoms with Gasteiger partial charge in [-0.05, 0) is 54.9 Å². The zero-order valence-electron chi connectivity index (χ0n) is 14.8. The molecule has 0 bridgehead atoms. The van der Waals surface area contributed by atoms with Crippen LogP contribution in [0.4, 0.5) is 13.2 Å². The SMILES string of the molecule is NC1CCCCCCCC(c2cc(CI)cc(C(F)(F)F)c2)CCC1. The highest BCUT2D eigenvalue weighted by molar-refractivity contribution is 14.1. The van der Waals surface area contributed by atoms with E-state index in [2.05, 4.69) is 22.6 Å². The number of alkyl halides is 4. The molecule has 0 spiro atoms. The van der Waals surface area contributed by atoms with Crippen molar-refractivity contribution < 1.29 is 13.2 Å². The van der Waals surface area contributed by atoms with Crippen molar-refractivity contribution >= 4 is 22.6 Å². The molecule has 2 N–H and O–H groups in total. The highest BCUT2D eigenvalue weighted by Crippen LogP contribution is 2.36. The van der Waals surface area contributed by atoms with Crippen LogP contribution < -0.4 is 5.73 Å². The second kappa shape index (κ2) is 10.1. The van der Waals surface area contributed by atoms with Crippen LogP contribution in [0.15, 0.2) is 18.2 Å². The van der Waals surface area contributed by atoms with Crippen molar-refractivity contribution in [3.63, 3.8) is 0 Å². The van der Waals surface area contributed by atoms with Gasteiger partial charge in [-0.1, -0.05) is 67.2 Å². The highest BCUT2D eigenvalue weighted by atomic mass is 127. The van der Waals surface area contributed by atoms with Gasteiger partial charge in [0.05, 0.1) is 5.56 Å². The largest absolute Gasteiger partial charge is 0.416 e. The Morgan fingerprint density at radius 3 is 2.16 bits per heavy atom. The molecule has 0 aromatic heterocycles. The summed E-state index contributed by atoms with van der Waals surface area (Å²) in [5, 5.41) is 0. The zero-order chi connectivity index (χ0) is 18.3. The van der Waals surface area contributed by atoms with E-state index in [1.165, 1.54) is 37.8 Å². The normalized spacial score (nSPS) is 24.4. The van der Waals surface area contributed by atoms with Crippen LogP contribution in [-0.4, -0.2) is 6.04 Å². The molecule has 0 amide bonds. The van der Waals surface area contributed by atoms with Gasteiger partial charge in [0.1, 0.15) is 0 Å². The quantitative estimate of drug-likeness (QED) is 0.369. The van der Waals surface area contributed by atoms with Gasteiger partial charge in [0.15, 0.2) is 0 Å². The Kier molecular flexibility index (Phi) is 8.52. The number of halogens is 4. The van der Waals surface area contributed by atoms with Crippen molar-refractivity contribution in [1.82, 2.24) is 0 Å². The van der Waals surface area contributed by atoms with Crippen LogP contribution >= 0.6 is 22.6 Å². The summed E-state index contributed by atoms with van der Waals surface area (Å²) in [4.78, 5) is 0. The fraction of sp³-hybridized carbons (Fsp3) is 0.700. The Balaban J connectivity index is 2.19. The van der Waals surface area contributed by atoms with Crippen LogP contribution in [-0.2, 0) is 10.6 Å². The summed E-state index contributed by atoms with van der Waals surface area (Å²) in [5.74, 6) is 0.218. The van der Waals surface area contributed by atoms with Crippen molar-refractivity contribution in [2.24, 2.45) is 5.73 Å². The summed E-state index contributed by atoms with van der Waals surface area (Å²) < 4.78 is 40.3. The van der Waals surface area contributed by atoms with Gasteiger partial charge in [-0.25, -0.2) is 0 Å². The zero-order valence-corrected chi connectivity index (χ0v) is 16.9. The van der Waals surface area contributed by atoms with Crippen molar-refractivity contribution in [3.05, 3.63) is 34.9 Å². The minimum absolute atomic E-state index is 0.218. The molecular weight excluding hydrogens is 438 g/mol. The molecule has 0 radical (unpaired) electrons. The fourth-order valence-corrected chi connectivity index (χ4v) is 4.21. The molecular formula is C20H29F3IN. The fourth-order valence-electron chi connectivity index (χ4n) is 3.77. The third-order valence-corrected chi connectivity index (χ3v) is 6.10.